The number of sulfonamides is 1. The first-order valence-electron chi connectivity index (χ1n) is 8.11. The molecule has 0 N–H and O–H groups in total. The highest BCUT2D eigenvalue weighted by Gasteiger charge is 2.35. The van der Waals surface area contributed by atoms with E-state index in [0.29, 0.717) is 17.3 Å². The predicted molar refractivity (Wildman–Crippen MR) is 98.6 cm³/mol. The van der Waals surface area contributed by atoms with Gasteiger partial charge in [-0.05, 0) is 29.8 Å². The Bertz CT molecular complexity index is 1150. The van der Waals surface area contributed by atoms with E-state index >= 15 is 0 Å². The summed E-state index contributed by atoms with van der Waals surface area (Å²) in [5.41, 5.74) is 1.54. The maximum atomic E-state index is 13.4. The summed E-state index contributed by atoms with van der Waals surface area (Å²) in [5.74, 6) is 0.133. The van der Waals surface area contributed by atoms with Crippen molar-refractivity contribution in [2.75, 3.05) is 10.8 Å². The van der Waals surface area contributed by atoms with Gasteiger partial charge in [-0.2, -0.15) is 0 Å². The number of aryl methyl sites for hydroxylation is 1. The Morgan fingerprint density at radius 1 is 1.00 bits per heavy atom. The van der Waals surface area contributed by atoms with Crippen molar-refractivity contribution in [2.24, 2.45) is 7.05 Å². The second-order valence-electron chi connectivity index (χ2n) is 6.45. The van der Waals surface area contributed by atoms with E-state index in [1.165, 1.54) is 8.87 Å². The largest absolute Gasteiger partial charge is 0.318 e. The average Bonchev–Trinajstić information content (AvgIpc) is 2.96. The van der Waals surface area contributed by atoms with Crippen LogP contribution < -0.4 is 9.86 Å². The van der Waals surface area contributed by atoms with Crippen molar-refractivity contribution in [1.29, 1.82) is 0 Å². The Kier molecular flexibility index (Phi) is 3.47. The number of pyridine rings is 1. The summed E-state index contributed by atoms with van der Waals surface area (Å²) in [6.45, 7) is 2.43. The molecule has 3 aromatic rings. The van der Waals surface area contributed by atoms with Crippen LogP contribution >= 0.6 is 0 Å². The van der Waals surface area contributed by atoms with Crippen molar-refractivity contribution in [3.05, 3.63) is 70.6 Å². The molecule has 2 aromatic carbocycles. The number of hydrogen-bond donors (Lipinski definition) is 0. The van der Waals surface area contributed by atoms with Crippen molar-refractivity contribution < 1.29 is 8.42 Å². The van der Waals surface area contributed by atoms with Gasteiger partial charge in [0.2, 0.25) is 0 Å². The van der Waals surface area contributed by atoms with E-state index in [1.807, 2.05) is 31.2 Å². The lowest BCUT2D eigenvalue weighted by atomic mass is 10.0. The number of rotatable bonds is 2. The fourth-order valence-corrected chi connectivity index (χ4v) is 5.28. The summed E-state index contributed by atoms with van der Waals surface area (Å²) < 4.78 is 29.6. The molecule has 25 heavy (non-hydrogen) atoms. The van der Waals surface area contributed by atoms with Gasteiger partial charge in [0.1, 0.15) is 0 Å². The summed E-state index contributed by atoms with van der Waals surface area (Å²) >= 11 is 0. The van der Waals surface area contributed by atoms with Crippen molar-refractivity contribution in [1.82, 2.24) is 4.57 Å². The van der Waals surface area contributed by atoms with Gasteiger partial charge in [-0.3, -0.25) is 9.10 Å². The Labute approximate surface area is 146 Å². The number of para-hydroxylation sites is 1. The fourth-order valence-electron chi connectivity index (χ4n) is 3.49. The van der Waals surface area contributed by atoms with E-state index in [1.54, 1.807) is 37.5 Å². The number of aromatic nitrogens is 1. The summed E-state index contributed by atoms with van der Waals surface area (Å²) in [4.78, 5) is 12.5. The maximum absolute atomic E-state index is 13.4. The Morgan fingerprint density at radius 2 is 1.76 bits per heavy atom. The summed E-state index contributed by atoms with van der Waals surface area (Å²) in [5, 5.41) is 0.870. The Hall–Kier alpha value is -2.60. The SMILES string of the molecule is CC1CN(S(=O)(=O)c2cccc3c(=O)n(C)ccc23)c2ccccc21. The van der Waals surface area contributed by atoms with Crippen molar-refractivity contribution in [3.8, 4) is 0 Å². The molecule has 0 radical (unpaired) electrons. The van der Waals surface area contributed by atoms with Gasteiger partial charge >= 0.3 is 0 Å². The lowest BCUT2D eigenvalue weighted by molar-refractivity contribution is 0.591. The van der Waals surface area contributed by atoms with Gasteiger partial charge in [-0.15, -0.1) is 0 Å². The zero-order chi connectivity index (χ0) is 17.8. The highest BCUT2D eigenvalue weighted by Crippen LogP contribution is 2.39. The van der Waals surface area contributed by atoms with Gasteiger partial charge in [-0.25, -0.2) is 8.42 Å². The normalized spacial score (nSPS) is 17.0. The highest BCUT2D eigenvalue weighted by molar-refractivity contribution is 7.93. The van der Waals surface area contributed by atoms with E-state index in [9.17, 15) is 13.2 Å². The molecule has 1 unspecified atom stereocenters. The summed E-state index contributed by atoms with van der Waals surface area (Å²) in [6, 6.07) is 14.1. The number of fused-ring (bicyclic) bond motifs is 2. The molecule has 0 fully saturated rings. The standard InChI is InChI=1S/C19H18N2O3S/c1-13-12-21(17-8-4-3-6-14(13)17)25(23,24)18-9-5-7-16-15(18)10-11-20(2)19(16)22/h3-11,13H,12H2,1-2H3. The lowest BCUT2D eigenvalue weighted by Gasteiger charge is -2.21. The van der Waals surface area contributed by atoms with Crippen molar-refractivity contribution >= 4 is 26.5 Å². The van der Waals surface area contributed by atoms with Crippen LogP contribution in [0.25, 0.3) is 10.8 Å². The Balaban J connectivity index is 1.95. The van der Waals surface area contributed by atoms with Gasteiger partial charge in [-0.1, -0.05) is 31.2 Å². The van der Waals surface area contributed by atoms with E-state index in [0.717, 1.165) is 11.3 Å². The number of anilines is 1. The molecule has 0 saturated heterocycles. The number of hydrogen-bond acceptors (Lipinski definition) is 3. The Morgan fingerprint density at radius 3 is 2.56 bits per heavy atom. The first-order valence-corrected chi connectivity index (χ1v) is 9.55. The molecule has 1 aliphatic heterocycles. The molecular formula is C19H18N2O3S. The molecule has 0 saturated carbocycles. The second-order valence-corrected chi connectivity index (χ2v) is 8.28. The van der Waals surface area contributed by atoms with E-state index < -0.39 is 10.0 Å². The number of nitrogens with zero attached hydrogens (tertiary/aromatic N) is 2. The second kappa shape index (κ2) is 5.46. The van der Waals surface area contributed by atoms with Crippen LogP contribution in [-0.4, -0.2) is 19.5 Å². The van der Waals surface area contributed by atoms with Crippen molar-refractivity contribution in [3.63, 3.8) is 0 Å². The van der Waals surface area contributed by atoms with Gasteiger partial charge in [0.25, 0.3) is 15.6 Å². The van der Waals surface area contributed by atoms with Crippen molar-refractivity contribution in [2.45, 2.75) is 17.7 Å². The molecule has 1 aromatic heterocycles. The predicted octanol–water partition coefficient (Wildman–Crippen LogP) is 2.85. The quantitative estimate of drug-likeness (QED) is 0.711. The zero-order valence-electron chi connectivity index (χ0n) is 14.0. The summed E-state index contributed by atoms with van der Waals surface area (Å²) in [6.07, 6.45) is 1.60. The molecule has 1 aliphatic rings. The monoisotopic (exact) mass is 354 g/mol. The topological polar surface area (TPSA) is 59.4 Å². The molecule has 5 nitrogen and oxygen atoms in total. The minimum absolute atomic E-state index is 0.133. The number of benzene rings is 2. The van der Waals surface area contributed by atoms with Gasteiger partial charge < -0.3 is 4.57 Å². The van der Waals surface area contributed by atoms with Gasteiger partial charge in [0, 0.05) is 36.5 Å². The van der Waals surface area contributed by atoms with Crippen LogP contribution in [0.2, 0.25) is 0 Å². The minimum atomic E-state index is -3.76. The van der Waals surface area contributed by atoms with E-state index in [2.05, 4.69) is 0 Å². The first-order chi connectivity index (χ1) is 11.9. The smallest absolute Gasteiger partial charge is 0.264 e. The lowest BCUT2D eigenvalue weighted by Crippen LogP contribution is -2.30. The highest BCUT2D eigenvalue weighted by atomic mass is 32.2. The third-order valence-electron chi connectivity index (χ3n) is 4.83. The van der Waals surface area contributed by atoms with Gasteiger partial charge in [0.15, 0.2) is 0 Å². The molecule has 2 heterocycles. The van der Waals surface area contributed by atoms with Crippen LogP contribution in [0.15, 0.2) is 64.4 Å². The van der Waals surface area contributed by atoms with Gasteiger partial charge in [0.05, 0.1) is 10.6 Å². The molecule has 0 bridgehead atoms. The summed E-state index contributed by atoms with van der Waals surface area (Å²) in [7, 11) is -2.10. The fraction of sp³-hybridized carbons (Fsp3) is 0.211. The van der Waals surface area contributed by atoms with E-state index in [-0.39, 0.29) is 16.4 Å². The van der Waals surface area contributed by atoms with Crippen LogP contribution in [0.1, 0.15) is 18.4 Å². The molecule has 6 heteroatoms. The minimum Gasteiger partial charge on any atom is -0.318 e. The molecular weight excluding hydrogens is 336 g/mol. The third-order valence-corrected chi connectivity index (χ3v) is 6.66. The first kappa shape index (κ1) is 15.9. The molecule has 128 valence electrons. The molecule has 0 spiro atoms. The molecule has 0 amide bonds. The van der Waals surface area contributed by atoms with Crippen LogP contribution in [0, 0.1) is 0 Å². The maximum Gasteiger partial charge on any atom is 0.264 e. The average molecular weight is 354 g/mol. The van der Waals surface area contributed by atoms with Crippen LogP contribution in [-0.2, 0) is 17.1 Å². The molecule has 0 aliphatic carbocycles. The zero-order valence-corrected chi connectivity index (χ0v) is 14.8. The van der Waals surface area contributed by atoms with E-state index in [4.69, 9.17) is 0 Å². The molecule has 1 atom stereocenters. The van der Waals surface area contributed by atoms with Crippen LogP contribution in [0.3, 0.4) is 0 Å². The molecule has 4 rings (SSSR count). The van der Waals surface area contributed by atoms with Crippen LogP contribution in [0.5, 0.6) is 0 Å². The third kappa shape index (κ3) is 2.28. The van der Waals surface area contributed by atoms with Crippen LogP contribution in [0.4, 0.5) is 5.69 Å².